The predicted molar refractivity (Wildman–Crippen MR) is 96.6 cm³/mol. The summed E-state index contributed by atoms with van der Waals surface area (Å²) in [5.74, 6) is -0.450. The number of anilines is 1. The van der Waals surface area contributed by atoms with Crippen LogP contribution in [0.3, 0.4) is 0 Å². The predicted octanol–water partition coefficient (Wildman–Crippen LogP) is 3.22. The molecular formula is C17H19ClN2O3S. The van der Waals surface area contributed by atoms with Crippen LogP contribution in [0.1, 0.15) is 17.2 Å². The molecule has 0 aliphatic rings. The number of nitrogens with one attached hydrogen (secondary N) is 1. The van der Waals surface area contributed by atoms with E-state index in [0.29, 0.717) is 16.3 Å². The molecule has 0 saturated heterocycles. The van der Waals surface area contributed by atoms with Gasteiger partial charge in [0.15, 0.2) is 0 Å². The fraction of sp³-hybridized carbons (Fsp3) is 0.235. The number of carbonyl (C=O) groups is 1. The first-order valence-electron chi connectivity index (χ1n) is 7.25. The number of amides is 1. The summed E-state index contributed by atoms with van der Waals surface area (Å²) in [5, 5.41) is 3.26. The fourth-order valence-electron chi connectivity index (χ4n) is 2.23. The molecule has 0 saturated carbocycles. The van der Waals surface area contributed by atoms with Gasteiger partial charge in [-0.2, -0.15) is 4.31 Å². The van der Waals surface area contributed by atoms with E-state index in [2.05, 4.69) is 5.32 Å². The van der Waals surface area contributed by atoms with Crippen molar-refractivity contribution in [2.75, 3.05) is 18.6 Å². The number of aryl methyl sites for hydroxylation is 1. The zero-order valence-electron chi connectivity index (χ0n) is 13.7. The number of carbonyl (C=O) groups excluding carboxylic acids is 1. The topological polar surface area (TPSA) is 66.5 Å². The average molecular weight is 367 g/mol. The molecular weight excluding hydrogens is 348 g/mol. The van der Waals surface area contributed by atoms with Crippen LogP contribution in [-0.2, 0) is 14.8 Å². The Balaban J connectivity index is 2.36. The Bertz CT molecular complexity index is 838. The molecule has 5 nitrogen and oxygen atoms in total. The third kappa shape index (κ3) is 4.35. The monoisotopic (exact) mass is 366 g/mol. The fourth-order valence-corrected chi connectivity index (χ4v) is 3.02. The van der Waals surface area contributed by atoms with Gasteiger partial charge < -0.3 is 5.32 Å². The lowest BCUT2D eigenvalue weighted by molar-refractivity contribution is -0.119. The lowest BCUT2D eigenvalue weighted by atomic mass is 10.1. The zero-order chi connectivity index (χ0) is 17.9. The standard InChI is InChI=1S/C17H19ClN2O3S/c1-12-9-10-14(11-15(12)18)19-17(21)16(20(2)24(3,22)23)13-7-5-4-6-8-13/h4-11,16H,1-3H3,(H,19,21)/t16-/m0/s1. The summed E-state index contributed by atoms with van der Waals surface area (Å²) in [4.78, 5) is 12.7. The molecule has 1 N–H and O–H groups in total. The SMILES string of the molecule is Cc1ccc(NC(=O)[C@H](c2ccccc2)N(C)S(C)(=O)=O)cc1Cl. The van der Waals surface area contributed by atoms with Crippen molar-refractivity contribution in [3.63, 3.8) is 0 Å². The van der Waals surface area contributed by atoms with Crippen molar-refractivity contribution in [1.82, 2.24) is 4.31 Å². The lowest BCUT2D eigenvalue weighted by Gasteiger charge is -2.25. The van der Waals surface area contributed by atoms with Crippen LogP contribution >= 0.6 is 11.6 Å². The number of benzene rings is 2. The van der Waals surface area contributed by atoms with Crippen molar-refractivity contribution in [2.45, 2.75) is 13.0 Å². The summed E-state index contributed by atoms with van der Waals surface area (Å²) in [5.41, 5.74) is 1.99. The number of hydrogen-bond donors (Lipinski definition) is 1. The summed E-state index contributed by atoms with van der Waals surface area (Å²) >= 11 is 6.07. The highest BCUT2D eigenvalue weighted by Crippen LogP contribution is 2.25. The van der Waals surface area contributed by atoms with E-state index in [1.807, 2.05) is 6.92 Å². The van der Waals surface area contributed by atoms with E-state index >= 15 is 0 Å². The molecule has 2 rings (SSSR count). The van der Waals surface area contributed by atoms with Gasteiger partial charge in [0.1, 0.15) is 6.04 Å². The van der Waals surface area contributed by atoms with E-state index in [9.17, 15) is 13.2 Å². The second-order valence-electron chi connectivity index (χ2n) is 5.55. The average Bonchev–Trinajstić information content (AvgIpc) is 2.51. The molecule has 128 valence electrons. The van der Waals surface area contributed by atoms with Gasteiger partial charge in [0.25, 0.3) is 0 Å². The molecule has 1 atom stereocenters. The molecule has 1 amide bonds. The van der Waals surface area contributed by atoms with Crippen LogP contribution in [0.4, 0.5) is 5.69 Å². The van der Waals surface area contributed by atoms with E-state index in [0.717, 1.165) is 16.1 Å². The number of halogens is 1. The lowest BCUT2D eigenvalue weighted by Crippen LogP contribution is -2.38. The molecule has 0 unspecified atom stereocenters. The van der Waals surface area contributed by atoms with Gasteiger partial charge >= 0.3 is 0 Å². The number of hydrogen-bond acceptors (Lipinski definition) is 3. The van der Waals surface area contributed by atoms with Gasteiger partial charge in [0.05, 0.1) is 6.26 Å². The largest absolute Gasteiger partial charge is 0.324 e. The van der Waals surface area contributed by atoms with Crippen molar-refractivity contribution >= 4 is 33.2 Å². The van der Waals surface area contributed by atoms with E-state index < -0.39 is 22.0 Å². The van der Waals surface area contributed by atoms with Crippen molar-refractivity contribution < 1.29 is 13.2 Å². The van der Waals surface area contributed by atoms with Gasteiger partial charge in [-0.15, -0.1) is 0 Å². The van der Waals surface area contributed by atoms with Crippen LogP contribution in [0.15, 0.2) is 48.5 Å². The van der Waals surface area contributed by atoms with Crippen LogP contribution in [-0.4, -0.2) is 31.9 Å². The second kappa shape index (κ2) is 7.34. The molecule has 24 heavy (non-hydrogen) atoms. The van der Waals surface area contributed by atoms with Gasteiger partial charge in [-0.3, -0.25) is 4.79 Å². The summed E-state index contributed by atoms with van der Waals surface area (Å²) < 4.78 is 24.9. The Hall–Kier alpha value is -1.89. The van der Waals surface area contributed by atoms with Crippen LogP contribution < -0.4 is 5.32 Å². The van der Waals surface area contributed by atoms with Crippen molar-refractivity contribution in [3.8, 4) is 0 Å². The Labute approximate surface area is 147 Å². The molecule has 2 aromatic rings. The maximum absolute atomic E-state index is 12.7. The summed E-state index contributed by atoms with van der Waals surface area (Å²) in [7, 11) is -2.17. The second-order valence-corrected chi connectivity index (χ2v) is 7.99. The highest BCUT2D eigenvalue weighted by Gasteiger charge is 2.30. The Morgan fingerprint density at radius 3 is 2.33 bits per heavy atom. The van der Waals surface area contributed by atoms with Gasteiger partial charge in [-0.1, -0.05) is 48.0 Å². The van der Waals surface area contributed by atoms with Crippen LogP contribution in [0, 0.1) is 6.92 Å². The van der Waals surface area contributed by atoms with Gasteiger partial charge in [-0.05, 0) is 30.2 Å². The molecule has 0 fully saturated rings. The van der Waals surface area contributed by atoms with Crippen LogP contribution in [0.2, 0.25) is 5.02 Å². The van der Waals surface area contributed by atoms with E-state index in [-0.39, 0.29) is 0 Å². The number of rotatable bonds is 5. The molecule has 2 aromatic carbocycles. The third-order valence-corrected chi connectivity index (χ3v) is 5.35. The maximum Gasteiger partial charge on any atom is 0.247 e. The highest BCUT2D eigenvalue weighted by molar-refractivity contribution is 7.88. The Kier molecular flexibility index (Phi) is 5.64. The first-order chi connectivity index (χ1) is 11.2. The minimum absolute atomic E-state index is 0.450. The third-order valence-electron chi connectivity index (χ3n) is 3.69. The molecule has 0 bridgehead atoms. The zero-order valence-corrected chi connectivity index (χ0v) is 15.2. The minimum atomic E-state index is -3.56. The number of likely N-dealkylation sites (N-methyl/N-ethyl adjacent to an activating group) is 1. The normalized spacial score (nSPS) is 12.9. The Morgan fingerprint density at radius 2 is 1.79 bits per heavy atom. The molecule has 7 heteroatoms. The van der Waals surface area contributed by atoms with E-state index in [1.165, 1.54) is 7.05 Å². The molecule has 0 radical (unpaired) electrons. The highest BCUT2D eigenvalue weighted by atomic mass is 35.5. The van der Waals surface area contributed by atoms with Gasteiger partial charge in [0, 0.05) is 17.8 Å². The van der Waals surface area contributed by atoms with Crippen LogP contribution in [0.25, 0.3) is 0 Å². The Morgan fingerprint density at radius 1 is 1.17 bits per heavy atom. The molecule has 0 aliphatic carbocycles. The smallest absolute Gasteiger partial charge is 0.247 e. The molecule has 0 aliphatic heterocycles. The van der Waals surface area contributed by atoms with Crippen LogP contribution in [0.5, 0.6) is 0 Å². The van der Waals surface area contributed by atoms with Crippen molar-refractivity contribution in [2.24, 2.45) is 0 Å². The van der Waals surface area contributed by atoms with Gasteiger partial charge in [0.2, 0.25) is 15.9 Å². The minimum Gasteiger partial charge on any atom is -0.324 e. The first-order valence-corrected chi connectivity index (χ1v) is 9.48. The summed E-state index contributed by atoms with van der Waals surface area (Å²) in [6, 6.07) is 12.9. The first kappa shape index (κ1) is 18.4. The van der Waals surface area contributed by atoms with Gasteiger partial charge in [-0.25, -0.2) is 8.42 Å². The van der Waals surface area contributed by atoms with E-state index in [1.54, 1.807) is 48.5 Å². The van der Waals surface area contributed by atoms with Crippen molar-refractivity contribution in [1.29, 1.82) is 0 Å². The molecule has 0 heterocycles. The van der Waals surface area contributed by atoms with E-state index in [4.69, 9.17) is 11.6 Å². The molecule has 0 spiro atoms. The summed E-state index contributed by atoms with van der Waals surface area (Å²) in [6.45, 7) is 1.86. The summed E-state index contributed by atoms with van der Waals surface area (Å²) in [6.07, 6.45) is 1.07. The van der Waals surface area contributed by atoms with Crippen molar-refractivity contribution in [3.05, 3.63) is 64.7 Å². The quantitative estimate of drug-likeness (QED) is 0.883. The maximum atomic E-state index is 12.7. The number of sulfonamides is 1. The number of nitrogens with zero attached hydrogens (tertiary/aromatic N) is 1. The molecule has 0 aromatic heterocycles.